The number of piperazine rings is 1. The van der Waals surface area contributed by atoms with Crippen LogP contribution in [0.25, 0.3) is 11.2 Å². The van der Waals surface area contributed by atoms with E-state index in [4.69, 9.17) is 0 Å². The van der Waals surface area contributed by atoms with Gasteiger partial charge in [0.25, 0.3) is 5.56 Å². The minimum Gasteiger partial charge on any atom is -0.340 e. The molecule has 0 N–H and O–H groups in total. The van der Waals surface area contributed by atoms with E-state index in [9.17, 15) is 9.59 Å². The summed E-state index contributed by atoms with van der Waals surface area (Å²) in [7, 11) is 3.54. The maximum absolute atomic E-state index is 13.3. The van der Waals surface area contributed by atoms with Crippen LogP contribution in [0.4, 0.5) is 5.95 Å². The summed E-state index contributed by atoms with van der Waals surface area (Å²) in [5.41, 5.74) is 2.33. The lowest BCUT2D eigenvalue weighted by Gasteiger charge is -2.34. The normalized spacial score (nSPS) is 15.4. The molecular weight excluding hydrogens is 368 g/mol. The van der Waals surface area contributed by atoms with Crippen LogP contribution in [0.15, 0.2) is 33.9 Å². The highest BCUT2D eigenvalue weighted by atomic mass is 16.2. The molecule has 8 heteroatoms. The monoisotopic (exact) mass is 396 g/mol. The fraction of sp³-hybridized carbons (Fsp3) is 0.476. The molecule has 154 valence electrons. The van der Waals surface area contributed by atoms with E-state index in [2.05, 4.69) is 21.7 Å². The molecule has 0 amide bonds. The van der Waals surface area contributed by atoms with Gasteiger partial charge in [0, 0.05) is 40.3 Å². The van der Waals surface area contributed by atoms with E-state index in [-0.39, 0.29) is 17.8 Å². The number of rotatable bonds is 4. The largest absolute Gasteiger partial charge is 0.340 e. The third kappa shape index (κ3) is 3.37. The number of anilines is 1. The van der Waals surface area contributed by atoms with E-state index in [1.54, 1.807) is 7.05 Å². The molecule has 0 atom stereocenters. The fourth-order valence-electron chi connectivity index (χ4n) is 3.99. The average molecular weight is 396 g/mol. The maximum atomic E-state index is 13.3. The summed E-state index contributed by atoms with van der Waals surface area (Å²) in [5, 5.41) is 0. The van der Waals surface area contributed by atoms with Crippen molar-refractivity contribution in [3.05, 3.63) is 56.2 Å². The molecule has 2 aromatic heterocycles. The first-order valence-corrected chi connectivity index (χ1v) is 10.1. The standard InChI is InChI=1S/C21H28N6O2/c1-5-25-10-12-26(13-11-25)20-22-18-17(23(20)3)19(28)27(21(29)24(18)4)14-16-8-6-15(2)7-9-16/h6-9H,5,10-14H2,1-4H3. The van der Waals surface area contributed by atoms with Gasteiger partial charge < -0.3 is 14.4 Å². The SMILES string of the molecule is CCN1CCN(c2nc3c(c(=O)n(Cc4ccc(C)cc4)c(=O)n3C)n2C)CC1. The Morgan fingerprint density at radius 1 is 0.966 bits per heavy atom. The first kappa shape index (κ1) is 19.4. The van der Waals surface area contributed by atoms with Gasteiger partial charge in [0.15, 0.2) is 11.2 Å². The highest BCUT2D eigenvalue weighted by Gasteiger charge is 2.24. The number of nitrogens with zero attached hydrogens (tertiary/aromatic N) is 6. The second kappa shape index (κ2) is 7.51. The molecule has 0 bridgehead atoms. The minimum atomic E-state index is -0.344. The van der Waals surface area contributed by atoms with Crippen molar-refractivity contribution in [2.45, 2.75) is 20.4 Å². The Labute approximate surface area is 169 Å². The van der Waals surface area contributed by atoms with E-state index >= 15 is 0 Å². The molecule has 0 unspecified atom stereocenters. The lowest BCUT2D eigenvalue weighted by atomic mass is 10.1. The molecule has 3 heterocycles. The highest BCUT2D eigenvalue weighted by molar-refractivity contribution is 5.74. The molecule has 29 heavy (non-hydrogen) atoms. The van der Waals surface area contributed by atoms with Crippen molar-refractivity contribution in [1.82, 2.24) is 23.6 Å². The molecule has 1 aromatic carbocycles. The van der Waals surface area contributed by atoms with E-state index in [0.29, 0.717) is 11.2 Å². The van der Waals surface area contributed by atoms with E-state index in [1.165, 1.54) is 9.13 Å². The predicted molar refractivity (Wildman–Crippen MR) is 115 cm³/mol. The van der Waals surface area contributed by atoms with Crippen molar-refractivity contribution in [2.75, 3.05) is 37.6 Å². The Balaban J connectivity index is 1.78. The van der Waals surface area contributed by atoms with Gasteiger partial charge in [-0.15, -0.1) is 0 Å². The first-order chi connectivity index (χ1) is 13.9. The topological polar surface area (TPSA) is 68.3 Å². The Morgan fingerprint density at radius 3 is 2.24 bits per heavy atom. The van der Waals surface area contributed by atoms with Crippen LogP contribution in [0.2, 0.25) is 0 Å². The second-order valence-corrected chi connectivity index (χ2v) is 7.78. The van der Waals surface area contributed by atoms with Crippen molar-refractivity contribution in [2.24, 2.45) is 14.1 Å². The molecular formula is C21H28N6O2. The number of imidazole rings is 1. The predicted octanol–water partition coefficient (Wildman–Crippen LogP) is 0.932. The quantitative estimate of drug-likeness (QED) is 0.656. The second-order valence-electron chi connectivity index (χ2n) is 7.78. The van der Waals surface area contributed by atoms with Gasteiger partial charge in [0.1, 0.15) is 0 Å². The summed E-state index contributed by atoms with van der Waals surface area (Å²) in [4.78, 5) is 35.4. The molecule has 1 aliphatic rings. The molecule has 3 aromatic rings. The maximum Gasteiger partial charge on any atom is 0.332 e. The van der Waals surface area contributed by atoms with Crippen LogP contribution in [-0.4, -0.2) is 56.3 Å². The zero-order valence-electron chi connectivity index (χ0n) is 17.6. The Hall–Kier alpha value is -2.87. The Kier molecular flexibility index (Phi) is 5.04. The molecule has 8 nitrogen and oxygen atoms in total. The minimum absolute atomic E-state index is 0.247. The van der Waals surface area contributed by atoms with Crippen molar-refractivity contribution in [3.63, 3.8) is 0 Å². The molecule has 1 saturated heterocycles. The van der Waals surface area contributed by atoms with E-state index in [0.717, 1.165) is 49.8 Å². The van der Waals surface area contributed by atoms with Gasteiger partial charge in [-0.2, -0.15) is 4.98 Å². The van der Waals surface area contributed by atoms with Crippen LogP contribution in [0.3, 0.4) is 0 Å². The van der Waals surface area contributed by atoms with Gasteiger partial charge in [0.05, 0.1) is 6.54 Å². The molecule has 1 aliphatic heterocycles. The average Bonchev–Trinajstić information content (AvgIpc) is 3.08. The first-order valence-electron chi connectivity index (χ1n) is 10.1. The Morgan fingerprint density at radius 2 is 1.62 bits per heavy atom. The van der Waals surface area contributed by atoms with Gasteiger partial charge in [-0.25, -0.2) is 4.79 Å². The van der Waals surface area contributed by atoms with Crippen molar-refractivity contribution < 1.29 is 0 Å². The molecule has 0 saturated carbocycles. The summed E-state index contributed by atoms with van der Waals surface area (Å²) in [6.45, 7) is 9.11. The highest BCUT2D eigenvalue weighted by Crippen LogP contribution is 2.19. The molecule has 0 aliphatic carbocycles. The van der Waals surface area contributed by atoms with Crippen molar-refractivity contribution in [1.29, 1.82) is 0 Å². The zero-order chi connectivity index (χ0) is 20.7. The zero-order valence-corrected chi connectivity index (χ0v) is 17.6. The van der Waals surface area contributed by atoms with Crippen LogP contribution >= 0.6 is 0 Å². The van der Waals surface area contributed by atoms with Gasteiger partial charge in [-0.1, -0.05) is 36.8 Å². The van der Waals surface area contributed by atoms with Crippen LogP contribution in [-0.2, 0) is 20.6 Å². The van der Waals surface area contributed by atoms with Gasteiger partial charge in [0.2, 0.25) is 5.95 Å². The third-order valence-electron chi connectivity index (χ3n) is 5.90. The van der Waals surface area contributed by atoms with Crippen LogP contribution in [0, 0.1) is 6.92 Å². The number of fused-ring (bicyclic) bond motifs is 1. The molecule has 4 rings (SSSR count). The van der Waals surface area contributed by atoms with Gasteiger partial charge in [-0.05, 0) is 19.0 Å². The van der Waals surface area contributed by atoms with Crippen molar-refractivity contribution >= 4 is 17.1 Å². The van der Waals surface area contributed by atoms with Crippen LogP contribution < -0.4 is 16.1 Å². The number of aryl methyl sites for hydroxylation is 3. The van der Waals surface area contributed by atoms with Crippen LogP contribution in [0.5, 0.6) is 0 Å². The number of hydrogen-bond acceptors (Lipinski definition) is 5. The summed E-state index contributed by atoms with van der Waals surface area (Å²) < 4.78 is 4.62. The number of likely N-dealkylation sites (N-methyl/N-ethyl adjacent to an activating group) is 1. The van der Waals surface area contributed by atoms with Gasteiger partial charge in [-0.3, -0.25) is 13.9 Å². The summed E-state index contributed by atoms with van der Waals surface area (Å²) >= 11 is 0. The van der Waals surface area contributed by atoms with Crippen LogP contribution in [0.1, 0.15) is 18.1 Å². The van der Waals surface area contributed by atoms with E-state index in [1.807, 2.05) is 42.8 Å². The fourth-order valence-corrected chi connectivity index (χ4v) is 3.99. The van der Waals surface area contributed by atoms with Gasteiger partial charge >= 0.3 is 5.69 Å². The Bertz CT molecular complexity index is 1150. The molecule has 0 spiro atoms. The van der Waals surface area contributed by atoms with E-state index < -0.39 is 0 Å². The molecule has 1 fully saturated rings. The lowest BCUT2D eigenvalue weighted by Crippen LogP contribution is -2.47. The third-order valence-corrected chi connectivity index (χ3v) is 5.90. The van der Waals surface area contributed by atoms with Crippen molar-refractivity contribution in [3.8, 4) is 0 Å². The summed E-state index contributed by atoms with van der Waals surface area (Å²) in [5.74, 6) is 0.746. The smallest absolute Gasteiger partial charge is 0.332 e. The number of hydrogen-bond donors (Lipinski definition) is 0. The lowest BCUT2D eigenvalue weighted by molar-refractivity contribution is 0.269. The number of aromatic nitrogens is 4. The summed E-state index contributed by atoms with van der Waals surface area (Å²) in [6.07, 6.45) is 0. The molecule has 0 radical (unpaired) electrons. The number of benzene rings is 1. The summed E-state index contributed by atoms with van der Waals surface area (Å²) in [6, 6.07) is 7.88.